The van der Waals surface area contributed by atoms with Crippen molar-refractivity contribution in [2.45, 2.75) is 33.2 Å². The molecule has 3 aromatic heterocycles. The predicted octanol–water partition coefficient (Wildman–Crippen LogP) is 3.25. The second kappa shape index (κ2) is 6.25. The number of H-pyrrole nitrogens is 1. The molecule has 3 heterocycles. The molecule has 0 radical (unpaired) electrons. The molecule has 0 atom stereocenters. The summed E-state index contributed by atoms with van der Waals surface area (Å²) < 4.78 is 7.05. The van der Waals surface area contributed by atoms with Gasteiger partial charge in [-0.15, -0.1) is 0 Å². The van der Waals surface area contributed by atoms with Gasteiger partial charge in [0.25, 0.3) is 5.56 Å². The minimum atomic E-state index is -0.133. The number of benzene rings is 1. The van der Waals surface area contributed by atoms with Gasteiger partial charge in [0.2, 0.25) is 11.7 Å². The van der Waals surface area contributed by atoms with Crippen LogP contribution in [-0.4, -0.2) is 24.7 Å². The first-order valence-electron chi connectivity index (χ1n) is 8.50. The molecular formula is C19H19N5O2. The monoisotopic (exact) mass is 349 g/mol. The maximum absolute atomic E-state index is 12.4. The molecule has 0 fully saturated rings. The van der Waals surface area contributed by atoms with E-state index in [1.807, 2.05) is 34.9 Å². The maximum Gasteiger partial charge on any atom is 0.274 e. The van der Waals surface area contributed by atoms with Crippen molar-refractivity contribution in [3.63, 3.8) is 0 Å². The third kappa shape index (κ3) is 2.81. The van der Waals surface area contributed by atoms with Crippen LogP contribution in [0, 0.1) is 6.92 Å². The average molecular weight is 349 g/mol. The first-order valence-corrected chi connectivity index (χ1v) is 8.50. The summed E-state index contributed by atoms with van der Waals surface area (Å²) in [5.74, 6) is 2.17. The standard InChI is InChI=1S/C19H19N5O2/c1-11(2)18-22-15-7-8-20-19(25)16(15)24(18)10-13-5-4-6-14(9-13)17-21-12(3)26-23-17/h4-9,11H,10H2,1-3H3,(H,20,25). The lowest BCUT2D eigenvalue weighted by atomic mass is 10.1. The molecule has 0 spiro atoms. The molecule has 4 aromatic rings. The molecule has 7 nitrogen and oxygen atoms in total. The minimum absolute atomic E-state index is 0.133. The molecule has 0 unspecified atom stereocenters. The number of hydrogen-bond acceptors (Lipinski definition) is 5. The van der Waals surface area contributed by atoms with Crippen molar-refractivity contribution < 1.29 is 4.52 Å². The number of nitrogens with one attached hydrogen (secondary N) is 1. The van der Waals surface area contributed by atoms with Gasteiger partial charge in [0.1, 0.15) is 11.3 Å². The Bertz CT molecular complexity index is 1140. The number of aromatic nitrogens is 5. The average Bonchev–Trinajstić information content (AvgIpc) is 3.20. The molecule has 0 saturated heterocycles. The van der Waals surface area contributed by atoms with E-state index in [1.165, 1.54) is 0 Å². The van der Waals surface area contributed by atoms with Gasteiger partial charge in [-0.1, -0.05) is 37.2 Å². The molecule has 0 saturated carbocycles. The Balaban J connectivity index is 1.80. The van der Waals surface area contributed by atoms with Crippen LogP contribution in [0.25, 0.3) is 22.4 Å². The lowest BCUT2D eigenvalue weighted by Gasteiger charge is -2.11. The van der Waals surface area contributed by atoms with Crippen LogP contribution in [0.2, 0.25) is 0 Å². The van der Waals surface area contributed by atoms with Gasteiger partial charge in [-0.05, 0) is 17.7 Å². The molecule has 1 aromatic carbocycles. The highest BCUT2D eigenvalue weighted by atomic mass is 16.5. The van der Waals surface area contributed by atoms with Crippen molar-refractivity contribution in [2.24, 2.45) is 0 Å². The summed E-state index contributed by atoms with van der Waals surface area (Å²) in [7, 11) is 0. The van der Waals surface area contributed by atoms with E-state index < -0.39 is 0 Å². The summed E-state index contributed by atoms with van der Waals surface area (Å²) in [5.41, 5.74) is 3.09. The van der Waals surface area contributed by atoms with Crippen molar-refractivity contribution >= 4 is 11.0 Å². The largest absolute Gasteiger partial charge is 0.339 e. The molecule has 0 bridgehead atoms. The molecule has 7 heteroatoms. The maximum atomic E-state index is 12.4. The van der Waals surface area contributed by atoms with Crippen molar-refractivity contribution in [2.75, 3.05) is 0 Å². The molecule has 0 aliphatic heterocycles. The van der Waals surface area contributed by atoms with Crippen LogP contribution in [-0.2, 0) is 6.54 Å². The Morgan fingerprint density at radius 3 is 2.81 bits per heavy atom. The molecular weight excluding hydrogens is 330 g/mol. The quantitative estimate of drug-likeness (QED) is 0.611. The summed E-state index contributed by atoms with van der Waals surface area (Å²) in [6.07, 6.45) is 1.63. The third-order valence-electron chi connectivity index (χ3n) is 4.26. The highest BCUT2D eigenvalue weighted by Gasteiger charge is 2.16. The van der Waals surface area contributed by atoms with Crippen molar-refractivity contribution in [3.05, 3.63) is 64.2 Å². The van der Waals surface area contributed by atoms with Gasteiger partial charge >= 0.3 is 0 Å². The molecule has 132 valence electrons. The van der Waals surface area contributed by atoms with Gasteiger partial charge in [-0.25, -0.2) is 4.98 Å². The van der Waals surface area contributed by atoms with E-state index in [1.54, 1.807) is 13.1 Å². The van der Waals surface area contributed by atoms with Gasteiger partial charge in [0.15, 0.2) is 0 Å². The number of hydrogen-bond donors (Lipinski definition) is 1. The number of fused-ring (bicyclic) bond motifs is 1. The number of pyridine rings is 1. The molecule has 0 aliphatic rings. The van der Waals surface area contributed by atoms with Crippen LogP contribution in [0.3, 0.4) is 0 Å². The lowest BCUT2D eigenvalue weighted by molar-refractivity contribution is 0.394. The molecule has 1 N–H and O–H groups in total. The van der Waals surface area contributed by atoms with E-state index in [4.69, 9.17) is 4.52 Å². The topological polar surface area (TPSA) is 89.6 Å². The fourth-order valence-electron chi connectivity index (χ4n) is 3.12. The summed E-state index contributed by atoms with van der Waals surface area (Å²) in [6, 6.07) is 9.75. The zero-order valence-electron chi connectivity index (χ0n) is 14.9. The smallest absolute Gasteiger partial charge is 0.274 e. The van der Waals surface area contributed by atoms with E-state index in [0.29, 0.717) is 29.3 Å². The Morgan fingerprint density at radius 2 is 2.08 bits per heavy atom. The fraction of sp³-hybridized carbons (Fsp3) is 0.263. The highest BCUT2D eigenvalue weighted by molar-refractivity contribution is 5.75. The number of aromatic amines is 1. The minimum Gasteiger partial charge on any atom is -0.339 e. The first-order chi connectivity index (χ1) is 12.5. The third-order valence-corrected chi connectivity index (χ3v) is 4.26. The summed E-state index contributed by atoms with van der Waals surface area (Å²) in [4.78, 5) is 24.0. The molecule has 0 amide bonds. The second-order valence-electron chi connectivity index (χ2n) is 6.59. The molecule has 26 heavy (non-hydrogen) atoms. The van der Waals surface area contributed by atoms with Crippen LogP contribution in [0.15, 0.2) is 45.8 Å². The number of aryl methyl sites for hydroxylation is 1. The summed E-state index contributed by atoms with van der Waals surface area (Å²) >= 11 is 0. The Kier molecular flexibility index (Phi) is 3.91. The first kappa shape index (κ1) is 16.3. The molecule has 4 rings (SSSR count). The lowest BCUT2D eigenvalue weighted by Crippen LogP contribution is -2.13. The summed E-state index contributed by atoms with van der Waals surface area (Å²) in [6.45, 7) is 6.45. The van der Waals surface area contributed by atoms with Crippen LogP contribution >= 0.6 is 0 Å². The van der Waals surface area contributed by atoms with E-state index in [9.17, 15) is 4.79 Å². The number of rotatable bonds is 4. The van der Waals surface area contributed by atoms with Gasteiger partial charge in [0.05, 0.1) is 5.52 Å². The van der Waals surface area contributed by atoms with E-state index in [0.717, 1.165) is 17.0 Å². The van der Waals surface area contributed by atoms with Crippen LogP contribution < -0.4 is 5.56 Å². The normalized spacial score (nSPS) is 11.5. The van der Waals surface area contributed by atoms with Crippen molar-refractivity contribution in [1.82, 2.24) is 24.7 Å². The van der Waals surface area contributed by atoms with Gasteiger partial charge in [0, 0.05) is 31.1 Å². The highest BCUT2D eigenvalue weighted by Crippen LogP contribution is 2.23. The fourth-order valence-corrected chi connectivity index (χ4v) is 3.12. The van der Waals surface area contributed by atoms with Gasteiger partial charge in [-0.2, -0.15) is 4.98 Å². The van der Waals surface area contributed by atoms with Crippen LogP contribution in [0.4, 0.5) is 0 Å². The van der Waals surface area contributed by atoms with E-state index in [2.05, 4.69) is 34.0 Å². The van der Waals surface area contributed by atoms with Crippen LogP contribution in [0.1, 0.15) is 37.0 Å². The van der Waals surface area contributed by atoms with E-state index >= 15 is 0 Å². The summed E-state index contributed by atoms with van der Waals surface area (Å²) in [5, 5.41) is 3.97. The number of imidazole rings is 1. The Hall–Kier alpha value is -3.22. The Morgan fingerprint density at radius 1 is 1.23 bits per heavy atom. The zero-order valence-corrected chi connectivity index (χ0v) is 14.9. The van der Waals surface area contributed by atoms with E-state index in [-0.39, 0.29) is 11.5 Å². The predicted molar refractivity (Wildman–Crippen MR) is 98.0 cm³/mol. The second-order valence-corrected chi connectivity index (χ2v) is 6.59. The van der Waals surface area contributed by atoms with Crippen molar-refractivity contribution in [1.29, 1.82) is 0 Å². The van der Waals surface area contributed by atoms with Crippen LogP contribution in [0.5, 0.6) is 0 Å². The SMILES string of the molecule is Cc1nc(-c2cccc(Cn3c(C(C)C)nc4cc[nH]c(=O)c43)c2)no1. The number of nitrogens with zero attached hydrogens (tertiary/aromatic N) is 4. The Labute approximate surface area is 149 Å². The molecule has 0 aliphatic carbocycles. The van der Waals surface area contributed by atoms with Crippen molar-refractivity contribution in [3.8, 4) is 11.4 Å². The van der Waals surface area contributed by atoms with Gasteiger partial charge in [-0.3, -0.25) is 4.79 Å². The zero-order chi connectivity index (χ0) is 18.3. The van der Waals surface area contributed by atoms with Gasteiger partial charge < -0.3 is 14.1 Å².